The van der Waals surface area contributed by atoms with Gasteiger partial charge in [0.2, 0.25) is 5.91 Å². The van der Waals surface area contributed by atoms with Crippen molar-refractivity contribution in [1.29, 1.82) is 0 Å². The minimum atomic E-state index is -0.496. The average Bonchev–Trinajstić information content (AvgIpc) is 2.82. The first kappa shape index (κ1) is 23.7. The lowest BCUT2D eigenvalue weighted by Gasteiger charge is -2.11. The monoisotopic (exact) mass is 543 g/mol. The molecule has 10 heteroatoms. The van der Waals surface area contributed by atoms with Gasteiger partial charge in [0.15, 0.2) is 0 Å². The van der Waals surface area contributed by atoms with Gasteiger partial charge in [-0.25, -0.2) is 14.4 Å². The van der Waals surface area contributed by atoms with E-state index >= 15 is 0 Å². The Morgan fingerprint density at radius 2 is 1.97 bits per heavy atom. The van der Waals surface area contributed by atoms with Crippen LogP contribution in [0.25, 0.3) is 10.9 Å². The number of nitrogens with two attached hydrogens (primary N) is 1. The van der Waals surface area contributed by atoms with Crippen molar-refractivity contribution in [2.45, 2.75) is 12.8 Å². The number of hydrogen-bond donors (Lipinski definition) is 3. The Bertz CT molecular complexity index is 1350. The summed E-state index contributed by atoms with van der Waals surface area (Å²) >= 11 is 9.23. The number of nitrogen functional groups attached to an aromatic ring is 1. The summed E-state index contributed by atoms with van der Waals surface area (Å²) in [6.07, 6.45) is 2.23. The summed E-state index contributed by atoms with van der Waals surface area (Å²) in [5, 5.41) is 6.67. The van der Waals surface area contributed by atoms with Gasteiger partial charge < -0.3 is 21.1 Å². The van der Waals surface area contributed by atoms with E-state index in [0.717, 1.165) is 9.86 Å². The summed E-state index contributed by atoms with van der Waals surface area (Å²) in [4.78, 5) is 20.8. The molecule has 0 radical (unpaired) electrons. The zero-order valence-electron chi connectivity index (χ0n) is 17.8. The molecule has 7 nitrogen and oxygen atoms in total. The highest BCUT2D eigenvalue weighted by Gasteiger charge is 2.09. The van der Waals surface area contributed by atoms with Gasteiger partial charge in [0.05, 0.1) is 28.5 Å². The van der Waals surface area contributed by atoms with Crippen LogP contribution in [0, 0.1) is 5.82 Å². The van der Waals surface area contributed by atoms with Gasteiger partial charge in [-0.05, 0) is 61.0 Å². The number of benzene rings is 3. The van der Waals surface area contributed by atoms with E-state index in [-0.39, 0.29) is 17.4 Å². The Labute approximate surface area is 208 Å². The van der Waals surface area contributed by atoms with E-state index in [1.54, 1.807) is 24.3 Å². The van der Waals surface area contributed by atoms with E-state index in [1.807, 2.05) is 18.2 Å². The number of anilines is 4. The van der Waals surface area contributed by atoms with E-state index in [9.17, 15) is 9.18 Å². The Morgan fingerprint density at radius 1 is 1.12 bits per heavy atom. The molecule has 0 unspecified atom stereocenters. The number of hydrogen-bond acceptors (Lipinski definition) is 6. The van der Waals surface area contributed by atoms with E-state index in [2.05, 4.69) is 36.5 Å². The molecule has 4 rings (SSSR count). The molecule has 0 aliphatic heterocycles. The number of rotatable bonds is 8. The summed E-state index contributed by atoms with van der Waals surface area (Å²) in [5.41, 5.74) is 8.26. The fourth-order valence-electron chi connectivity index (χ4n) is 3.21. The number of halogens is 3. The number of aromatic nitrogens is 2. The zero-order valence-corrected chi connectivity index (χ0v) is 20.2. The second-order valence-corrected chi connectivity index (χ2v) is 8.71. The van der Waals surface area contributed by atoms with Crippen molar-refractivity contribution >= 4 is 67.2 Å². The van der Waals surface area contributed by atoms with Crippen molar-refractivity contribution in [2.75, 3.05) is 23.0 Å². The summed E-state index contributed by atoms with van der Waals surface area (Å²) in [6.45, 7) is 0.344. The molecule has 1 aromatic heterocycles. The maximum absolute atomic E-state index is 13.4. The van der Waals surface area contributed by atoms with Crippen molar-refractivity contribution in [3.63, 3.8) is 0 Å². The van der Waals surface area contributed by atoms with Gasteiger partial charge in [-0.2, -0.15) is 0 Å². The lowest BCUT2D eigenvalue weighted by molar-refractivity contribution is -0.116. The number of nitrogens with zero attached hydrogens (tertiary/aromatic N) is 2. The minimum absolute atomic E-state index is 0.0130. The van der Waals surface area contributed by atoms with Crippen molar-refractivity contribution in [1.82, 2.24) is 9.97 Å². The van der Waals surface area contributed by atoms with Crippen LogP contribution in [0.5, 0.6) is 5.75 Å². The van der Waals surface area contributed by atoms with E-state index in [1.165, 1.54) is 18.5 Å². The molecular formula is C24H20BrClFN5O2. The Hall–Kier alpha value is -3.43. The molecule has 1 amide bonds. The molecule has 0 aliphatic rings. The molecule has 3 aromatic carbocycles. The number of carbonyl (C=O) groups is 1. The molecule has 0 saturated carbocycles. The average molecular weight is 545 g/mol. The molecule has 0 spiro atoms. The Morgan fingerprint density at radius 3 is 2.79 bits per heavy atom. The van der Waals surface area contributed by atoms with E-state index in [4.69, 9.17) is 22.1 Å². The molecule has 4 aromatic rings. The lowest BCUT2D eigenvalue weighted by Crippen LogP contribution is -2.14. The Balaban J connectivity index is 1.37. The molecule has 0 bridgehead atoms. The standard InChI is InChI=1S/C24H20BrClFN5O2/c25-14-3-7-20(28)22(10-14)32-23(33)2-1-9-34-16-5-8-21-17(12-16)24(30-13-29-21)31-15-4-6-19(27)18(26)11-15/h3-8,10-13H,1-2,9,28H2,(H,32,33)(H,29,30,31). The highest BCUT2D eigenvalue weighted by atomic mass is 79.9. The van der Waals surface area contributed by atoms with Gasteiger partial charge in [-0.1, -0.05) is 27.5 Å². The molecule has 0 fully saturated rings. The Kier molecular flexibility index (Phi) is 7.44. The number of carbonyl (C=O) groups excluding carboxylic acids is 1. The molecule has 34 heavy (non-hydrogen) atoms. The zero-order chi connectivity index (χ0) is 24.1. The predicted octanol–water partition coefficient (Wildman–Crippen LogP) is 6.31. The quantitative estimate of drug-likeness (QED) is 0.177. The SMILES string of the molecule is Nc1ccc(Br)cc1NC(=O)CCCOc1ccc2ncnc(Nc3ccc(F)c(Cl)c3)c2c1. The fourth-order valence-corrected chi connectivity index (χ4v) is 3.75. The third kappa shape index (κ3) is 5.92. The number of ether oxygens (including phenoxy) is 1. The van der Waals surface area contributed by atoms with Crippen LogP contribution in [0.3, 0.4) is 0 Å². The maximum atomic E-state index is 13.4. The first-order chi connectivity index (χ1) is 16.4. The predicted molar refractivity (Wildman–Crippen MR) is 136 cm³/mol. The summed E-state index contributed by atoms with van der Waals surface area (Å²) in [7, 11) is 0. The van der Waals surface area contributed by atoms with Gasteiger partial charge in [0.1, 0.15) is 23.7 Å². The summed E-state index contributed by atoms with van der Waals surface area (Å²) < 4.78 is 20.1. The second-order valence-electron chi connectivity index (χ2n) is 7.39. The largest absolute Gasteiger partial charge is 0.494 e. The van der Waals surface area contributed by atoms with E-state index in [0.29, 0.717) is 47.2 Å². The highest BCUT2D eigenvalue weighted by molar-refractivity contribution is 9.10. The number of fused-ring (bicyclic) bond motifs is 1. The van der Waals surface area contributed by atoms with Crippen LogP contribution in [0.4, 0.5) is 27.3 Å². The summed E-state index contributed by atoms with van der Waals surface area (Å²) in [6, 6.07) is 15.1. The van der Waals surface area contributed by atoms with Crippen LogP contribution in [0.2, 0.25) is 5.02 Å². The third-order valence-corrected chi connectivity index (χ3v) is 5.68. The maximum Gasteiger partial charge on any atom is 0.224 e. The van der Waals surface area contributed by atoms with Gasteiger partial charge >= 0.3 is 0 Å². The van der Waals surface area contributed by atoms with E-state index < -0.39 is 5.82 Å². The molecule has 0 aliphatic carbocycles. The number of nitrogens with one attached hydrogen (secondary N) is 2. The van der Waals surface area contributed by atoms with Crippen LogP contribution in [-0.2, 0) is 4.79 Å². The van der Waals surface area contributed by atoms with Crippen molar-refractivity contribution in [2.24, 2.45) is 0 Å². The molecule has 174 valence electrons. The fraction of sp³-hybridized carbons (Fsp3) is 0.125. The topological polar surface area (TPSA) is 102 Å². The van der Waals surface area contributed by atoms with Crippen LogP contribution in [-0.4, -0.2) is 22.5 Å². The van der Waals surface area contributed by atoms with Crippen molar-refractivity contribution in [3.05, 3.63) is 76.2 Å². The van der Waals surface area contributed by atoms with Crippen molar-refractivity contribution in [3.8, 4) is 5.75 Å². The first-order valence-corrected chi connectivity index (χ1v) is 11.5. The molecular weight excluding hydrogens is 525 g/mol. The normalized spacial score (nSPS) is 10.8. The molecule has 1 heterocycles. The van der Waals surface area contributed by atoms with Crippen LogP contribution >= 0.6 is 27.5 Å². The van der Waals surface area contributed by atoms with Gasteiger partial charge in [0, 0.05) is 22.0 Å². The van der Waals surface area contributed by atoms with Gasteiger partial charge in [0.25, 0.3) is 0 Å². The molecule has 4 N–H and O–H groups in total. The third-order valence-electron chi connectivity index (χ3n) is 4.90. The summed E-state index contributed by atoms with van der Waals surface area (Å²) in [5.74, 6) is 0.497. The van der Waals surface area contributed by atoms with Crippen molar-refractivity contribution < 1.29 is 13.9 Å². The first-order valence-electron chi connectivity index (χ1n) is 10.3. The smallest absolute Gasteiger partial charge is 0.224 e. The molecule has 0 atom stereocenters. The second kappa shape index (κ2) is 10.7. The van der Waals surface area contributed by atoms with Gasteiger partial charge in [-0.15, -0.1) is 0 Å². The lowest BCUT2D eigenvalue weighted by atomic mass is 10.2. The minimum Gasteiger partial charge on any atom is -0.494 e. The van der Waals surface area contributed by atoms with Crippen LogP contribution < -0.4 is 21.1 Å². The van der Waals surface area contributed by atoms with Gasteiger partial charge in [-0.3, -0.25) is 4.79 Å². The molecule has 0 saturated heterocycles. The van der Waals surface area contributed by atoms with Crippen LogP contribution in [0.1, 0.15) is 12.8 Å². The highest BCUT2D eigenvalue weighted by Crippen LogP contribution is 2.28. The number of amides is 1. The van der Waals surface area contributed by atoms with Crippen LogP contribution in [0.15, 0.2) is 65.4 Å².